The van der Waals surface area contributed by atoms with Gasteiger partial charge in [-0.05, 0) is 43.5 Å². The standard InChI is InChI=1S/C18H26N2O2/c1-2-10-20-11-6-5-9-15(20)18(22)19-17-14-8-4-3-7-13(14)12-16(17)21/h3-4,7-8,15-17,21H,2,5-6,9-12H2,1H3,(H,19,22). The van der Waals surface area contributed by atoms with Gasteiger partial charge < -0.3 is 10.4 Å². The van der Waals surface area contributed by atoms with Gasteiger partial charge in [0, 0.05) is 6.42 Å². The van der Waals surface area contributed by atoms with E-state index in [2.05, 4.69) is 17.1 Å². The molecule has 4 heteroatoms. The molecule has 1 saturated heterocycles. The van der Waals surface area contributed by atoms with Crippen molar-refractivity contribution in [3.8, 4) is 0 Å². The SMILES string of the molecule is CCCN1CCCCC1C(=O)NC1c2ccccc2CC1O. The lowest BCUT2D eigenvalue weighted by Crippen LogP contribution is -2.51. The summed E-state index contributed by atoms with van der Waals surface area (Å²) in [6.45, 7) is 4.14. The molecule has 22 heavy (non-hydrogen) atoms. The second-order valence-electron chi connectivity index (χ2n) is 6.50. The highest BCUT2D eigenvalue weighted by Gasteiger charge is 2.35. The number of aliphatic hydroxyl groups is 1. The first kappa shape index (κ1) is 15.5. The molecule has 3 unspecified atom stereocenters. The van der Waals surface area contributed by atoms with Crippen LogP contribution in [0.25, 0.3) is 0 Å². The Labute approximate surface area is 132 Å². The van der Waals surface area contributed by atoms with Crippen LogP contribution in [0.15, 0.2) is 24.3 Å². The maximum absolute atomic E-state index is 12.7. The molecule has 0 spiro atoms. The number of nitrogens with zero attached hydrogens (tertiary/aromatic N) is 1. The second kappa shape index (κ2) is 6.80. The van der Waals surface area contributed by atoms with Gasteiger partial charge in [-0.25, -0.2) is 0 Å². The largest absolute Gasteiger partial charge is 0.390 e. The zero-order valence-corrected chi connectivity index (χ0v) is 13.3. The third-order valence-electron chi connectivity index (χ3n) is 4.93. The topological polar surface area (TPSA) is 52.6 Å². The van der Waals surface area contributed by atoms with Gasteiger partial charge >= 0.3 is 0 Å². The first-order chi connectivity index (χ1) is 10.7. The highest BCUT2D eigenvalue weighted by atomic mass is 16.3. The van der Waals surface area contributed by atoms with Crippen molar-refractivity contribution < 1.29 is 9.90 Å². The van der Waals surface area contributed by atoms with E-state index in [1.807, 2.05) is 24.3 Å². The molecule has 1 fully saturated rings. The average molecular weight is 302 g/mol. The van der Waals surface area contributed by atoms with E-state index in [1.54, 1.807) is 0 Å². The zero-order chi connectivity index (χ0) is 15.5. The molecular formula is C18H26N2O2. The smallest absolute Gasteiger partial charge is 0.237 e. The number of benzene rings is 1. The molecule has 4 nitrogen and oxygen atoms in total. The highest BCUT2D eigenvalue weighted by molar-refractivity contribution is 5.82. The molecule has 2 N–H and O–H groups in total. The first-order valence-electron chi connectivity index (χ1n) is 8.51. The molecule has 1 aliphatic heterocycles. The van der Waals surface area contributed by atoms with Crippen LogP contribution in [-0.4, -0.2) is 41.1 Å². The third kappa shape index (κ3) is 3.03. The van der Waals surface area contributed by atoms with Gasteiger partial charge in [0.25, 0.3) is 0 Å². The summed E-state index contributed by atoms with van der Waals surface area (Å²) in [5.41, 5.74) is 2.22. The van der Waals surface area contributed by atoms with E-state index < -0.39 is 6.10 Å². The van der Waals surface area contributed by atoms with Crippen molar-refractivity contribution >= 4 is 5.91 Å². The molecule has 1 heterocycles. The number of rotatable bonds is 4. The van der Waals surface area contributed by atoms with Crippen LogP contribution in [0.4, 0.5) is 0 Å². The maximum atomic E-state index is 12.7. The number of amides is 1. The van der Waals surface area contributed by atoms with Crippen molar-refractivity contribution in [1.29, 1.82) is 0 Å². The van der Waals surface area contributed by atoms with E-state index in [9.17, 15) is 9.90 Å². The molecule has 2 aliphatic rings. The normalized spacial score (nSPS) is 28.4. The third-order valence-corrected chi connectivity index (χ3v) is 4.93. The van der Waals surface area contributed by atoms with E-state index >= 15 is 0 Å². The van der Waals surface area contributed by atoms with Crippen LogP contribution in [0.5, 0.6) is 0 Å². The second-order valence-corrected chi connectivity index (χ2v) is 6.50. The Balaban J connectivity index is 1.71. The van der Waals surface area contributed by atoms with Gasteiger partial charge in [0.05, 0.1) is 18.2 Å². The summed E-state index contributed by atoms with van der Waals surface area (Å²) in [5, 5.41) is 13.4. The van der Waals surface area contributed by atoms with Crippen LogP contribution >= 0.6 is 0 Å². The van der Waals surface area contributed by atoms with Gasteiger partial charge in [0.15, 0.2) is 0 Å². The Kier molecular flexibility index (Phi) is 4.79. The highest BCUT2D eigenvalue weighted by Crippen LogP contribution is 2.31. The fourth-order valence-electron chi connectivity index (χ4n) is 3.84. The maximum Gasteiger partial charge on any atom is 0.237 e. The summed E-state index contributed by atoms with van der Waals surface area (Å²) in [5.74, 6) is 0.0777. The number of nitrogens with one attached hydrogen (secondary N) is 1. The summed E-state index contributed by atoms with van der Waals surface area (Å²) >= 11 is 0. The summed E-state index contributed by atoms with van der Waals surface area (Å²) in [4.78, 5) is 15.0. The minimum atomic E-state index is -0.510. The Bertz CT molecular complexity index is 530. The molecule has 1 aliphatic carbocycles. The van der Waals surface area contributed by atoms with Crippen LogP contribution in [0.3, 0.4) is 0 Å². The molecule has 3 atom stereocenters. The van der Waals surface area contributed by atoms with Gasteiger partial charge in [-0.3, -0.25) is 9.69 Å². The summed E-state index contributed by atoms with van der Waals surface area (Å²) in [6.07, 6.45) is 4.41. The average Bonchev–Trinajstić information content (AvgIpc) is 2.84. The number of hydrogen-bond acceptors (Lipinski definition) is 3. The number of hydrogen-bond donors (Lipinski definition) is 2. The van der Waals surface area contributed by atoms with Crippen LogP contribution < -0.4 is 5.32 Å². The van der Waals surface area contributed by atoms with Crippen molar-refractivity contribution in [2.75, 3.05) is 13.1 Å². The minimum absolute atomic E-state index is 0.0336. The predicted molar refractivity (Wildman–Crippen MR) is 86.5 cm³/mol. The van der Waals surface area contributed by atoms with Crippen molar-refractivity contribution in [3.63, 3.8) is 0 Å². The van der Waals surface area contributed by atoms with E-state index in [-0.39, 0.29) is 18.0 Å². The van der Waals surface area contributed by atoms with Gasteiger partial charge in [-0.1, -0.05) is 37.6 Å². The Hall–Kier alpha value is -1.39. The van der Waals surface area contributed by atoms with Gasteiger partial charge in [0.1, 0.15) is 0 Å². The monoisotopic (exact) mass is 302 g/mol. The van der Waals surface area contributed by atoms with Crippen LogP contribution in [-0.2, 0) is 11.2 Å². The number of fused-ring (bicyclic) bond motifs is 1. The molecule has 0 radical (unpaired) electrons. The predicted octanol–water partition coefficient (Wildman–Crippen LogP) is 2.03. The minimum Gasteiger partial charge on any atom is -0.390 e. The van der Waals surface area contributed by atoms with E-state index in [0.717, 1.165) is 43.5 Å². The molecule has 0 aromatic heterocycles. The molecule has 1 aromatic carbocycles. The number of aliphatic hydroxyl groups excluding tert-OH is 1. The molecule has 1 aromatic rings. The molecular weight excluding hydrogens is 276 g/mol. The quantitative estimate of drug-likeness (QED) is 0.895. The van der Waals surface area contributed by atoms with E-state index in [4.69, 9.17) is 0 Å². The van der Waals surface area contributed by atoms with Crippen molar-refractivity contribution in [2.45, 2.75) is 57.2 Å². The van der Waals surface area contributed by atoms with Gasteiger partial charge in [-0.2, -0.15) is 0 Å². The number of carbonyl (C=O) groups excluding carboxylic acids is 1. The zero-order valence-electron chi connectivity index (χ0n) is 13.3. The van der Waals surface area contributed by atoms with Crippen LogP contribution in [0.2, 0.25) is 0 Å². The lowest BCUT2D eigenvalue weighted by molar-refractivity contribution is -0.129. The summed E-state index contributed by atoms with van der Waals surface area (Å²) in [6, 6.07) is 7.72. The molecule has 120 valence electrons. The molecule has 0 saturated carbocycles. The van der Waals surface area contributed by atoms with Crippen molar-refractivity contribution in [2.24, 2.45) is 0 Å². The van der Waals surface area contributed by atoms with Crippen molar-refractivity contribution in [1.82, 2.24) is 10.2 Å². The first-order valence-corrected chi connectivity index (χ1v) is 8.51. The van der Waals surface area contributed by atoms with Crippen LogP contribution in [0.1, 0.15) is 49.8 Å². The Morgan fingerprint density at radius 2 is 2.18 bits per heavy atom. The fourth-order valence-corrected chi connectivity index (χ4v) is 3.84. The summed E-state index contributed by atoms with van der Waals surface area (Å²) < 4.78 is 0. The molecule has 0 bridgehead atoms. The van der Waals surface area contributed by atoms with Crippen LogP contribution in [0, 0.1) is 0 Å². The molecule has 3 rings (SSSR count). The summed E-state index contributed by atoms with van der Waals surface area (Å²) in [7, 11) is 0. The Morgan fingerprint density at radius 1 is 1.36 bits per heavy atom. The lowest BCUT2D eigenvalue weighted by Gasteiger charge is -2.35. The lowest BCUT2D eigenvalue weighted by atomic mass is 10.00. The fraction of sp³-hybridized carbons (Fsp3) is 0.611. The van der Waals surface area contributed by atoms with Gasteiger partial charge in [0.2, 0.25) is 5.91 Å². The Morgan fingerprint density at radius 3 is 3.00 bits per heavy atom. The van der Waals surface area contributed by atoms with E-state index in [1.165, 1.54) is 6.42 Å². The molecule has 1 amide bonds. The number of likely N-dealkylation sites (tertiary alicyclic amines) is 1. The van der Waals surface area contributed by atoms with Crippen molar-refractivity contribution in [3.05, 3.63) is 35.4 Å². The van der Waals surface area contributed by atoms with Gasteiger partial charge in [-0.15, -0.1) is 0 Å². The number of piperidine rings is 1. The number of carbonyl (C=O) groups is 1. The van der Waals surface area contributed by atoms with E-state index in [0.29, 0.717) is 6.42 Å².